The number of allylic oxidation sites excluding steroid dienone is 1. The minimum absolute atomic E-state index is 0.224. The molecule has 0 unspecified atom stereocenters. The second-order valence-corrected chi connectivity index (χ2v) is 5.69. The summed E-state index contributed by atoms with van der Waals surface area (Å²) in [5.74, 6) is -0.739. The Kier molecular flexibility index (Phi) is 4.98. The van der Waals surface area contributed by atoms with Crippen molar-refractivity contribution in [1.29, 1.82) is 0 Å². The van der Waals surface area contributed by atoms with Crippen LogP contribution in [-0.2, 0) is 14.3 Å². The van der Waals surface area contributed by atoms with Crippen LogP contribution in [0.4, 0.5) is 0 Å². The van der Waals surface area contributed by atoms with Crippen LogP contribution >= 0.6 is 15.9 Å². The van der Waals surface area contributed by atoms with Gasteiger partial charge in [0.15, 0.2) is 0 Å². The zero-order valence-corrected chi connectivity index (χ0v) is 14.0. The highest BCUT2D eigenvalue weighted by molar-refractivity contribution is 9.10. The van der Waals surface area contributed by atoms with Crippen LogP contribution in [0.15, 0.2) is 58.2 Å². The summed E-state index contributed by atoms with van der Waals surface area (Å²) in [6.45, 7) is 5.73. The molecule has 0 aromatic heterocycles. The van der Waals surface area contributed by atoms with Crippen molar-refractivity contribution >= 4 is 33.9 Å². The molecule has 1 amide bonds. The van der Waals surface area contributed by atoms with E-state index in [1.165, 1.54) is 12.0 Å². The lowest BCUT2D eigenvalue weighted by Crippen LogP contribution is -2.24. The van der Waals surface area contributed by atoms with Gasteiger partial charge < -0.3 is 9.64 Å². The zero-order valence-electron chi connectivity index (χ0n) is 12.4. The minimum atomic E-state index is -0.515. The maximum absolute atomic E-state index is 12.6. The van der Waals surface area contributed by atoms with Crippen molar-refractivity contribution in [1.82, 2.24) is 4.90 Å². The van der Waals surface area contributed by atoms with Gasteiger partial charge in [0.1, 0.15) is 0 Å². The molecule has 0 radical (unpaired) electrons. The first-order valence-corrected chi connectivity index (χ1v) is 7.48. The van der Waals surface area contributed by atoms with Crippen LogP contribution in [0.3, 0.4) is 0 Å². The van der Waals surface area contributed by atoms with Gasteiger partial charge in [0.05, 0.1) is 18.3 Å². The van der Waals surface area contributed by atoms with Crippen LogP contribution in [0, 0.1) is 0 Å². The zero-order chi connectivity index (χ0) is 16.3. The standard InChI is InChI=1S/C17H16BrNO3/c1-4-8-19-11(2)15(17(21)22-3)14(16(19)20)10-12-6-5-7-13(18)9-12/h4-7,9-10H,1,8H2,2-3H3/b14-10-. The van der Waals surface area contributed by atoms with Gasteiger partial charge in [-0.3, -0.25) is 4.79 Å². The Morgan fingerprint density at radius 3 is 2.77 bits per heavy atom. The fourth-order valence-electron chi connectivity index (χ4n) is 2.34. The Morgan fingerprint density at radius 2 is 2.18 bits per heavy atom. The van der Waals surface area contributed by atoms with Gasteiger partial charge in [-0.15, -0.1) is 6.58 Å². The van der Waals surface area contributed by atoms with E-state index in [0.29, 0.717) is 23.4 Å². The first kappa shape index (κ1) is 16.2. The molecule has 5 heteroatoms. The number of benzene rings is 1. The van der Waals surface area contributed by atoms with Crippen molar-refractivity contribution in [3.63, 3.8) is 0 Å². The van der Waals surface area contributed by atoms with Gasteiger partial charge in [0.2, 0.25) is 0 Å². The molecule has 0 saturated heterocycles. The van der Waals surface area contributed by atoms with E-state index in [2.05, 4.69) is 22.5 Å². The molecule has 0 atom stereocenters. The predicted octanol–water partition coefficient (Wildman–Crippen LogP) is 3.31. The van der Waals surface area contributed by atoms with Gasteiger partial charge >= 0.3 is 5.97 Å². The Morgan fingerprint density at radius 1 is 1.45 bits per heavy atom. The van der Waals surface area contributed by atoms with Gasteiger partial charge in [-0.2, -0.15) is 0 Å². The molecule has 2 rings (SSSR count). The Labute approximate surface area is 137 Å². The van der Waals surface area contributed by atoms with Crippen LogP contribution in [0.5, 0.6) is 0 Å². The summed E-state index contributed by atoms with van der Waals surface area (Å²) >= 11 is 3.39. The first-order valence-electron chi connectivity index (χ1n) is 6.69. The maximum Gasteiger partial charge on any atom is 0.340 e. The number of carbonyl (C=O) groups excluding carboxylic acids is 2. The lowest BCUT2D eigenvalue weighted by molar-refractivity contribution is -0.136. The fourth-order valence-corrected chi connectivity index (χ4v) is 2.76. The Bertz CT molecular complexity index is 704. The van der Waals surface area contributed by atoms with Gasteiger partial charge in [-0.25, -0.2) is 4.79 Å². The van der Waals surface area contributed by atoms with E-state index in [0.717, 1.165) is 10.0 Å². The summed E-state index contributed by atoms with van der Waals surface area (Å²) < 4.78 is 5.72. The number of halogens is 1. The maximum atomic E-state index is 12.6. The van der Waals surface area contributed by atoms with Gasteiger partial charge in [-0.1, -0.05) is 34.1 Å². The van der Waals surface area contributed by atoms with Gasteiger partial charge in [0, 0.05) is 16.7 Å². The molecule has 4 nitrogen and oxygen atoms in total. The third-order valence-corrected chi connectivity index (χ3v) is 3.87. The number of rotatable bonds is 4. The van der Waals surface area contributed by atoms with E-state index in [4.69, 9.17) is 4.74 Å². The SMILES string of the molecule is C=CCN1C(=O)/C(=C\c2cccc(Br)c2)C(C(=O)OC)=C1C. The highest BCUT2D eigenvalue weighted by atomic mass is 79.9. The molecule has 0 bridgehead atoms. The van der Waals surface area contributed by atoms with Crippen LogP contribution in [0.1, 0.15) is 12.5 Å². The lowest BCUT2D eigenvalue weighted by atomic mass is 10.0. The molecule has 0 spiro atoms. The molecule has 0 aliphatic carbocycles. The number of carbonyl (C=O) groups is 2. The van der Waals surface area contributed by atoms with Crippen LogP contribution in [0.2, 0.25) is 0 Å². The Hall–Kier alpha value is -2.14. The van der Waals surface area contributed by atoms with Crippen molar-refractivity contribution in [2.24, 2.45) is 0 Å². The van der Waals surface area contributed by atoms with Crippen molar-refractivity contribution in [2.45, 2.75) is 6.92 Å². The highest BCUT2D eigenvalue weighted by Gasteiger charge is 2.36. The molecule has 0 saturated carbocycles. The second-order valence-electron chi connectivity index (χ2n) is 4.77. The molecular weight excluding hydrogens is 346 g/mol. The minimum Gasteiger partial charge on any atom is -0.465 e. The van der Waals surface area contributed by atoms with Crippen molar-refractivity contribution < 1.29 is 14.3 Å². The Balaban J connectivity index is 2.54. The number of esters is 1. The van der Waals surface area contributed by atoms with Gasteiger partial charge in [0.25, 0.3) is 5.91 Å². The number of nitrogens with zero attached hydrogens (tertiary/aromatic N) is 1. The summed E-state index contributed by atoms with van der Waals surface area (Å²) in [4.78, 5) is 26.1. The number of hydrogen-bond acceptors (Lipinski definition) is 3. The molecule has 1 heterocycles. The topological polar surface area (TPSA) is 46.6 Å². The molecule has 1 aliphatic rings. The van der Waals surface area contributed by atoms with E-state index in [1.54, 1.807) is 19.1 Å². The summed E-state index contributed by atoms with van der Waals surface area (Å²) in [6.07, 6.45) is 3.32. The number of ether oxygens (including phenoxy) is 1. The molecule has 114 valence electrons. The molecular formula is C17H16BrNO3. The molecule has 1 aromatic rings. The van der Waals surface area contributed by atoms with Crippen LogP contribution in [-0.4, -0.2) is 30.4 Å². The van der Waals surface area contributed by atoms with Crippen molar-refractivity contribution in [2.75, 3.05) is 13.7 Å². The smallest absolute Gasteiger partial charge is 0.340 e. The summed E-state index contributed by atoms with van der Waals surface area (Å²) in [5.41, 5.74) is 2.05. The van der Waals surface area contributed by atoms with E-state index in [-0.39, 0.29) is 5.91 Å². The quantitative estimate of drug-likeness (QED) is 0.469. The average molecular weight is 362 g/mol. The normalized spacial score (nSPS) is 16.4. The molecule has 0 N–H and O–H groups in total. The van der Waals surface area contributed by atoms with Gasteiger partial charge in [-0.05, 0) is 30.7 Å². The van der Waals surface area contributed by atoms with E-state index in [1.807, 2.05) is 24.3 Å². The van der Waals surface area contributed by atoms with Crippen molar-refractivity contribution in [3.8, 4) is 0 Å². The van der Waals surface area contributed by atoms with E-state index >= 15 is 0 Å². The van der Waals surface area contributed by atoms with E-state index in [9.17, 15) is 9.59 Å². The third-order valence-electron chi connectivity index (χ3n) is 3.37. The lowest BCUT2D eigenvalue weighted by Gasteiger charge is -2.14. The summed E-state index contributed by atoms with van der Waals surface area (Å²) in [5, 5.41) is 0. The number of amides is 1. The van der Waals surface area contributed by atoms with E-state index < -0.39 is 5.97 Å². The average Bonchev–Trinajstić information content (AvgIpc) is 2.72. The summed E-state index contributed by atoms with van der Waals surface area (Å²) in [6, 6.07) is 7.50. The van der Waals surface area contributed by atoms with Crippen LogP contribution < -0.4 is 0 Å². The molecule has 1 aromatic carbocycles. The predicted molar refractivity (Wildman–Crippen MR) is 88.7 cm³/mol. The summed E-state index contributed by atoms with van der Waals surface area (Å²) in [7, 11) is 1.31. The number of hydrogen-bond donors (Lipinski definition) is 0. The fraction of sp³-hybridized carbons (Fsp3) is 0.176. The largest absolute Gasteiger partial charge is 0.465 e. The monoisotopic (exact) mass is 361 g/mol. The molecule has 22 heavy (non-hydrogen) atoms. The second kappa shape index (κ2) is 6.75. The number of methoxy groups -OCH3 is 1. The molecule has 0 fully saturated rings. The van der Waals surface area contributed by atoms with Crippen LogP contribution in [0.25, 0.3) is 6.08 Å². The third kappa shape index (κ3) is 3.04. The van der Waals surface area contributed by atoms with Crippen molar-refractivity contribution in [3.05, 3.63) is 63.8 Å². The molecule has 1 aliphatic heterocycles. The first-order chi connectivity index (χ1) is 10.5. The highest BCUT2D eigenvalue weighted by Crippen LogP contribution is 2.31.